The van der Waals surface area contributed by atoms with Crippen LogP contribution in [0.4, 0.5) is 11.4 Å². The number of rotatable bonds is 6. The first kappa shape index (κ1) is 18.8. The molecule has 1 N–H and O–H groups in total. The molecule has 0 aliphatic carbocycles. The highest BCUT2D eigenvalue weighted by Crippen LogP contribution is 2.31. The maximum absolute atomic E-state index is 12.7. The van der Waals surface area contributed by atoms with E-state index in [0.29, 0.717) is 23.7 Å². The number of methoxy groups -OCH3 is 2. The van der Waals surface area contributed by atoms with Crippen molar-refractivity contribution in [3.8, 4) is 11.5 Å². The molecule has 1 heterocycles. The van der Waals surface area contributed by atoms with Crippen molar-refractivity contribution in [1.82, 2.24) is 0 Å². The molecule has 2 aromatic rings. The molecule has 2 aromatic carbocycles. The molecule has 1 saturated heterocycles. The minimum atomic E-state index is -0.417. The minimum absolute atomic E-state index is 0.0444. The Hall–Kier alpha value is -3.02. The van der Waals surface area contributed by atoms with E-state index < -0.39 is 5.92 Å². The number of aryl methyl sites for hydroxylation is 1. The predicted octanol–water partition coefficient (Wildman–Crippen LogP) is 3.26. The number of carbonyl (C=O) groups is 2. The van der Waals surface area contributed by atoms with Crippen molar-refractivity contribution < 1.29 is 19.1 Å². The molecule has 1 fully saturated rings. The van der Waals surface area contributed by atoms with Gasteiger partial charge in [0.1, 0.15) is 11.5 Å². The summed E-state index contributed by atoms with van der Waals surface area (Å²) < 4.78 is 10.5. The zero-order chi connectivity index (χ0) is 19.4. The van der Waals surface area contributed by atoms with Gasteiger partial charge in [-0.3, -0.25) is 9.59 Å². The second-order valence-electron chi connectivity index (χ2n) is 6.48. The van der Waals surface area contributed by atoms with Crippen LogP contribution in [-0.2, 0) is 16.0 Å². The third-order valence-corrected chi connectivity index (χ3v) is 4.82. The van der Waals surface area contributed by atoms with Gasteiger partial charge in [-0.1, -0.05) is 19.1 Å². The second-order valence-corrected chi connectivity index (χ2v) is 6.48. The number of nitrogens with zero attached hydrogens (tertiary/aromatic N) is 1. The number of carbonyl (C=O) groups excluding carboxylic acids is 2. The Balaban J connectivity index is 1.72. The SMILES string of the molecule is CCc1ccc(N2C[C@H](C(=O)Nc3cc(OC)ccc3OC)CC2=O)cc1. The van der Waals surface area contributed by atoms with Crippen LogP contribution in [-0.4, -0.2) is 32.6 Å². The average molecular weight is 368 g/mol. The van der Waals surface area contributed by atoms with Crippen LogP contribution in [0.5, 0.6) is 11.5 Å². The third kappa shape index (κ3) is 4.05. The fraction of sp³-hybridized carbons (Fsp3) is 0.333. The molecule has 0 bridgehead atoms. The summed E-state index contributed by atoms with van der Waals surface area (Å²) in [6.45, 7) is 2.45. The molecule has 27 heavy (non-hydrogen) atoms. The molecule has 0 aromatic heterocycles. The third-order valence-electron chi connectivity index (χ3n) is 4.82. The van der Waals surface area contributed by atoms with Gasteiger partial charge in [0.2, 0.25) is 11.8 Å². The van der Waals surface area contributed by atoms with Gasteiger partial charge >= 0.3 is 0 Å². The Morgan fingerprint density at radius 1 is 1.15 bits per heavy atom. The van der Waals surface area contributed by atoms with Gasteiger partial charge in [0.05, 0.1) is 25.8 Å². The standard InChI is InChI=1S/C21H24N2O4/c1-4-14-5-7-16(8-6-14)23-13-15(11-20(23)24)21(25)22-18-12-17(26-2)9-10-19(18)27-3/h5-10,12,15H,4,11,13H2,1-3H3,(H,22,25)/t15-/m1/s1. The van der Waals surface area contributed by atoms with E-state index in [1.165, 1.54) is 12.7 Å². The van der Waals surface area contributed by atoms with E-state index in [1.54, 1.807) is 30.2 Å². The summed E-state index contributed by atoms with van der Waals surface area (Å²) in [6.07, 6.45) is 1.13. The number of hydrogen-bond donors (Lipinski definition) is 1. The summed E-state index contributed by atoms with van der Waals surface area (Å²) >= 11 is 0. The molecule has 1 aliphatic heterocycles. The maximum Gasteiger partial charge on any atom is 0.229 e. The van der Waals surface area contributed by atoms with Crippen molar-refractivity contribution in [2.75, 3.05) is 31.0 Å². The Morgan fingerprint density at radius 2 is 1.89 bits per heavy atom. The van der Waals surface area contributed by atoms with Crippen molar-refractivity contribution in [2.24, 2.45) is 5.92 Å². The first-order valence-electron chi connectivity index (χ1n) is 8.98. The second kappa shape index (κ2) is 8.12. The monoisotopic (exact) mass is 368 g/mol. The molecule has 1 atom stereocenters. The quantitative estimate of drug-likeness (QED) is 0.850. The van der Waals surface area contributed by atoms with Crippen molar-refractivity contribution >= 4 is 23.2 Å². The van der Waals surface area contributed by atoms with Crippen molar-refractivity contribution in [3.05, 3.63) is 48.0 Å². The molecule has 2 amide bonds. The normalized spacial score (nSPS) is 16.3. The summed E-state index contributed by atoms with van der Waals surface area (Å²) in [5.74, 6) is 0.491. The lowest BCUT2D eigenvalue weighted by molar-refractivity contribution is -0.122. The molecular formula is C21H24N2O4. The molecule has 1 aliphatic rings. The molecule has 6 heteroatoms. The number of nitrogens with one attached hydrogen (secondary N) is 1. The smallest absolute Gasteiger partial charge is 0.229 e. The lowest BCUT2D eigenvalue weighted by Crippen LogP contribution is -2.28. The Morgan fingerprint density at radius 3 is 2.52 bits per heavy atom. The van der Waals surface area contributed by atoms with Gasteiger partial charge in [-0.15, -0.1) is 0 Å². The Kier molecular flexibility index (Phi) is 5.64. The van der Waals surface area contributed by atoms with Crippen LogP contribution in [0.1, 0.15) is 18.9 Å². The highest BCUT2D eigenvalue weighted by molar-refractivity contribution is 6.04. The van der Waals surface area contributed by atoms with Crippen LogP contribution >= 0.6 is 0 Å². The summed E-state index contributed by atoms with van der Waals surface area (Å²) in [5.41, 5.74) is 2.57. The van der Waals surface area contributed by atoms with Crippen molar-refractivity contribution in [3.63, 3.8) is 0 Å². The van der Waals surface area contributed by atoms with E-state index in [-0.39, 0.29) is 18.2 Å². The fourth-order valence-corrected chi connectivity index (χ4v) is 3.19. The number of amides is 2. The average Bonchev–Trinajstić information content (AvgIpc) is 3.09. The molecule has 0 radical (unpaired) electrons. The van der Waals surface area contributed by atoms with E-state index in [9.17, 15) is 9.59 Å². The fourth-order valence-electron chi connectivity index (χ4n) is 3.19. The van der Waals surface area contributed by atoms with Crippen LogP contribution in [0.15, 0.2) is 42.5 Å². The van der Waals surface area contributed by atoms with Crippen LogP contribution in [0.25, 0.3) is 0 Å². The molecule has 142 valence electrons. The van der Waals surface area contributed by atoms with Crippen molar-refractivity contribution in [2.45, 2.75) is 19.8 Å². The Bertz CT molecular complexity index is 833. The van der Waals surface area contributed by atoms with Gasteiger partial charge in [-0.05, 0) is 36.2 Å². The molecule has 3 rings (SSSR count). The maximum atomic E-state index is 12.7. The first-order chi connectivity index (χ1) is 13.0. The van der Waals surface area contributed by atoms with E-state index in [4.69, 9.17) is 9.47 Å². The minimum Gasteiger partial charge on any atom is -0.497 e. The summed E-state index contributed by atoms with van der Waals surface area (Å²) in [6, 6.07) is 13.1. The zero-order valence-corrected chi connectivity index (χ0v) is 15.8. The van der Waals surface area contributed by atoms with E-state index in [1.807, 2.05) is 24.3 Å². The summed E-state index contributed by atoms with van der Waals surface area (Å²) in [7, 11) is 3.10. The van der Waals surface area contributed by atoms with Gasteiger partial charge in [0, 0.05) is 24.7 Å². The number of ether oxygens (including phenoxy) is 2. The number of benzene rings is 2. The molecule has 0 spiro atoms. The van der Waals surface area contributed by atoms with Gasteiger partial charge in [0.25, 0.3) is 0 Å². The number of hydrogen-bond acceptors (Lipinski definition) is 4. The zero-order valence-electron chi connectivity index (χ0n) is 15.8. The first-order valence-corrected chi connectivity index (χ1v) is 8.98. The van der Waals surface area contributed by atoms with Crippen LogP contribution < -0.4 is 19.7 Å². The van der Waals surface area contributed by atoms with E-state index in [0.717, 1.165) is 12.1 Å². The highest BCUT2D eigenvalue weighted by Gasteiger charge is 2.35. The summed E-state index contributed by atoms with van der Waals surface area (Å²) in [5, 5.41) is 2.87. The lowest BCUT2D eigenvalue weighted by atomic mass is 10.1. The molecule has 0 unspecified atom stereocenters. The van der Waals surface area contributed by atoms with Gasteiger partial charge in [-0.2, -0.15) is 0 Å². The van der Waals surface area contributed by atoms with Gasteiger partial charge in [-0.25, -0.2) is 0 Å². The van der Waals surface area contributed by atoms with E-state index in [2.05, 4.69) is 12.2 Å². The topological polar surface area (TPSA) is 67.9 Å². The highest BCUT2D eigenvalue weighted by atomic mass is 16.5. The largest absolute Gasteiger partial charge is 0.497 e. The van der Waals surface area contributed by atoms with Crippen molar-refractivity contribution in [1.29, 1.82) is 0 Å². The van der Waals surface area contributed by atoms with E-state index >= 15 is 0 Å². The number of anilines is 2. The molecular weight excluding hydrogens is 344 g/mol. The predicted molar refractivity (Wildman–Crippen MR) is 104 cm³/mol. The Labute approximate surface area is 159 Å². The van der Waals surface area contributed by atoms with Crippen LogP contribution in [0.3, 0.4) is 0 Å². The lowest BCUT2D eigenvalue weighted by Gasteiger charge is -2.17. The molecule has 6 nitrogen and oxygen atoms in total. The van der Waals surface area contributed by atoms with Crippen LogP contribution in [0, 0.1) is 5.92 Å². The van der Waals surface area contributed by atoms with Gasteiger partial charge in [0.15, 0.2) is 0 Å². The van der Waals surface area contributed by atoms with Crippen LogP contribution in [0.2, 0.25) is 0 Å². The molecule has 0 saturated carbocycles. The van der Waals surface area contributed by atoms with Gasteiger partial charge < -0.3 is 19.7 Å². The summed E-state index contributed by atoms with van der Waals surface area (Å²) in [4.78, 5) is 26.8.